The zero-order chi connectivity index (χ0) is 23.0. The Hall–Kier alpha value is -2.09. The average Bonchev–Trinajstić information content (AvgIpc) is 3.41. The van der Waals surface area contributed by atoms with Crippen LogP contribution in [0.1, 0.15) is 97.3 Å². The molecule has 2 aliphatic rings. The van der Waals surface area contributed by atoms with Gasteiger partial charge in [-0.15, -0.1) is 0 Å². The van der Waals surface area contributed by atoms with Crippen molar-refractivity contribution in [3.05, 3.63) is 58.7 Å². The van der Waals surface area contributed by atoms with Crippen LogP contribution in [0.4, 0.5) is 0 Å². The average molecular weight is 421 g/mol. The SMILES string of the molecule is CCC[C@H]1C[C@@H]1/C=C/C(=C(/CC)C(=O)O)c1ccc2c(c1)C(C(C)(C)C)=CCC2(C)C. The molecule has 0 aliphatic heterocycles. The van der Waals surface area contributed by atoms with Gasteiger partial charge < -0.3 is 5.11 Å². The number of carboxylic acid groups (broad SMARTS) is 1. The molecule has 1 fully saturated rings. The van der Waals surface area contributed by atoms with E-state index in [1.54, 1.807) is 0 Å². The zero-order valence-electron chi connectivity index (χ0n) is 20.5. The van der Waals surface area contributed by atoms with Crippen LogP contribution in [0.25, 0.3) is 11.1 Å². The molecule has 1 saturated carbocycles. The van der Waals surface area contributed by atoms with Crippen LogP contribution in [0.3, 0.4) is 0 Å². The molecule has 0 radical (unpaired) electrons. The fraction of sp³-hybridized carbons (Fsp3) is 0.552. The van der Waals surface area contributed by atoms with E-state index in [1.165, 1.54) is 36.0 Å². The van der Waals surface area contributed by atoms with E-state index in [-0.39, 0.29) is 10.8 Å². The maximum absolute atomic E-state index is 12.1. The predicted molar refractivity (Wildman–Crippen MR) is 132 cm³/mol. The van der Waals surface area contributed by atoms with Gasteiger partial charge in [0.05, 0.1) is 0 Å². The molecule has 168 valence electrons. The van der Waals surface area contributed by atoms with E-state index >= 15 is 0 Å². The summed E-state index contributed by atoms with van der Waals surface area (Å²) in [5, 5.41) is 9.92. The van der Waals surface area contributed by atoms with Gasteiger partial charge in [0.2, 0.25) is 0 Å². The maximum atomic E-state index is 12.1. The van der Waals surface area contributed by atoms with Crippen LogP contribution in [-0.4, -0.2) is 11.1 Å². The minimum Gasteiger partial charge on any atom is -0.478 e. The maximum Gasteiger partial charge on any atom is 0.332 e. The molecule has 1 N–H and O–H groups in total. The lowest BCUT2D eigenvalue weighted by atomic mass is 9.68. The molecular weight excluding hydrogens is 380 g/mol. The number of rotatable bonds is 7. The molecule has 31 heavy (non-hydrogen) atoms. The number of allylic oxidation sites excluding steroid dienone is 5. The van der Waals surface area contributed by atoms with Crippen LogP contribution < -0.4 is 0 Å². The topological polar surface area (TPSA) is 37.3 Å². The Balaban J connectivity index is 2.10. The van der Waals surface area contributed by atoms with Crippen molar-refractivity contribution in [1.82, 2.24) is 0 Å². The quantitative estimate of drug-likeness (QED) is 0.358. The van der Waals surface area contributed by atoms with E-state index < -0.39 is 5.97 Å². The van der Waals surface area contributed by atoms with Crippen LogP contribution in [-0.2, 0) is 10.2 Å². The second-order valence-corrected chi connectivity index (χ2v) is 11.1. The molecule has 0 spiro atoms. The molecule has 2 heteroatoms. The highest BCUT2D eigenvalue weighted by Crippen LogP contribution is 2.47. The van der Waals surface area contributed by atoms with E-state index in [0.717, 1.165) is 23.5 Å². The van der Waals surface area contributed by atoms with Crippen molar-refractivity contribution in [2.75, 3.05) is 0 Å². The Morgan fingerprint density at radius 1 is 1.23 bits per heavy atom. The molecule has 2 atom stereocenters. The molecule has 0 aromatic heterocycles. The van der Waals surface area contributed by atoms with Crippen molar-refractivity contribution in [2.24, 2.45) is 17.3 Å². The van der Waals surface area contributed by atoms with E-state index in [0.29, 0.717) is 17.9 Å². The normalized spacial score (nSPS) is 23.3. The molecule has 1 aromatic carbocycles. The van der Waals surface area contributed by atoms with Crippen molar-refractivity contribution in [3.63, 3.8) is 0 Å². The highest BCUT2D eigenvalue weighted by molar-refractivity contribution is 5.99. The van der Waals surface area contributed by atoms with Gasteiger partial charge in [0.15, 0.2) is 0 Å². The smallest absolute Gasteiger partial charge is 0.332 e. The summed E-state index contributed by atoms with van der Waals surface area (Å²) in [6, 6.07) is 6.63. The van der Waals surface area contributed by atoms with Gasteiger partial charge in [-0.1, -0.05) is 91.7 Å². The van der Waals surface area contributed by atoms with Gasteiger partial charge in [-0.05, 0) is 75.8 Å². The Morgan fingerprint density at radius 3 is 2.52 bits per heavy atom. The molecule has 1 aromatic rings. The highest BCUT2D eigenvalue weighted by atomic mass is 16.4. The predicted octanol–water partition coefficient (Wildman–Crippen LogP) is 8.04. The van der Waals surface area contributed by atoms with Gasteiger partial charge >= 0.3 is 5.97 Å². The summed E-state index contributed by atoms with van der Waals surface area (Å²) >= 11 is 0. The van der Waals surface area contributed by atoms with Crippen molar-refractivity contribution in [2.45, 2.75) is 86.0 Å². The lowest BCUT2D eigenvalue weighted by molar-refractivity contribution is -0.132. The molecule has 2 aliphatic carbocycles. The third-order valence-electron chi connectivity index (χ3n) is 7.06. The number of carboxylic acids is 1. The Labute approximate surface area is 189 Å². The molecule has 2 nitrogen and oxygen atoms in total. The van der Waals surface area contributed by atoms with Gasteiger partial charge in [-0.2, -0.15) is 0 Å². The molecule has 3 rings (SSSR count). The molecule has 0 saturated heterocycles. The summed E-state index contributed by atoms with van der Waals surface area (Å²) in [6.45, 7) is 15.6. The largest absolute Gasteiger partial charge is 0.478 e. The van der Waals surface area contributed by atoms with Crippen molar-refractivity contribution in [1.29, 1.82) is 0 Å². The molecule has 0 amide bonds. The Bertz CT molecular complexity index is 934. The number of carbonyl (C=O) groups is 1. The van der Waals surface area contributed by atoms with Gasteiger partial charge in [-0.25, -0.2) is 4.79 Å². The highest BCUT2D eigenvalue weighted by Gasteiger charge is 2.34. The van der Waals surface area contributed by atoms with Gasteiger partial charge in [0, 0.05) is 5.57 Å². The second-order valence-electron chi connectivity index (χ2n) is 11.1. The monoisotopic (exact) mass is 420 g/mol. The van der Waals surface area contributed by atoms with Crippen LogP contribution in [0.2, 0.25) is 0 Å². The lowest BCUT2D eigenvalue weighted by Crippen LogP contribution is -2.25. The van der Waals surface area contributed by atoms with E-state index in [2.05, 4.69) is 78.0 Å². The third kappa shape index (κ3) is 5.05. The van der Waals surface area contributed by atoms with Crippen LogP contribution in [0, 0.1) is 17.3 Å². The standard InChI is InChI=1S/C29H40O2/c1-8-10-19-17-20(19)11-13-23(22(9-2)27(30)31)21-12-14-26-24(18-21)25(28(3,4)5)15-16-29(26,6)7/h11-15,18-20H,8-10,16-17H2,1-7H3,(H,30,31)/b13-11+,23-22+/t19-,20-/m0/s1. The van der Waals surface area contributed by atoms with Gasteiger partial charge in [0.25, 0.3) is 0 Å². The lowest BCUT2D eigenvalue weighted by Gasteiger charge is -2.37. The van der Waals surface area contributed by atoms with E-state index in [1.807, 2.05) is 6.92 Å². The molecule has 0 unspecified atom stereocenters. The number of benzene rings is 1. The summed E-state index contributed by atoms with van der Waals surface area (Å²) < 4.78 is 0. The summed E-state index contributed by atoms with van der Waals surface area (Å²) in [7, 11) is 0. The minimum absolute atomic E-state index is 0.0470. The van der Waals surface area contributed by atoms with Crippen molar-refractivity contribution < 1.29 is 9.90 Å². The first kappa shape index (κ1) is 23.6. The summed E-state index contributed by atoms with van der Waals surface area (Å²) in [4.78, 5) is 12.1. The number of fused-ring (bicyclic) bond motifs is 1. The molecular formula is C29H40O2. The fourth-order valence-corrected chi connectivity index (χ4v) is 5.07. The zero-order valence-corrected chi connectivity index (χ0v) is 20.5. The minimum atomic E-state index is -0.812. The summed E-state index contributed by atoms with van der Waals surface area (Å²) in [5.74, 6) is 0.563. The number of hydrogen-bond donors (Lipinski definition) is 1. The fourth-order valence-electron chi connectivity index (χ4n) is 5.07. The third-order valence-corrected chi connectivity index (χ3v) is 7.06. The van der Waals surface area contributed by atoms with E-state index in [9.17, 15) is 9.90 Å². The van der Waals surface area contributed by atoms with Crippen LogP contribution in [0.15, 0.2) is 42.0 Å². The second kappa shape index (κ2) is 8.81. The van der Waals surface area contributed by atoms with Crippen LogP contribution >= 0.6 is 0 Å². The number of aliphatic carboxylic acids is 1. The van der Waals surface area contributed by atoms with E-state index in [4.69, 9.17) is 0 Å². The molecule has 0 bridgehead atoms. The van der Waals surface area contributed by atoms with Crippen LogP contribution in [0.5, 0.6) is 0 Å². The summed E-state index contributed by atoms with van der Waals surface area (Å²) in [6.07, 6.45) is 12.0. The van der Waals surface area contributed by atoms with Gasteiger partial charge in [-0.3, -0.25) is 0 Å². The van der Waals surface area contributed by atoms with Crippen molar-refractivity contribution >= 4 is 17.1 Å². The first-order chi connectivity index (χ1) is 14.5. The Kier molecular flexibility index (Phi) is 6.69. The first-order valence-electron chi connectivity index (χ1n) is 12.0. The summed E-state index contributed by atoms with van der Waals surface area (Å²) in [5.41, 5.74) is 6.54. The van der Waals surface area contributed by atoms with Gasteiger partial charge in [0.1, 0.15) is 0 Å². The number of hydrogen-bond acceptors (Lipinski definition) is 1. The van der Waals surface area contributed by atoms with Crippen molar-refractivity contribution in [3.8, 4) is 0 Å². The first-order valence-corrected chi connectivity index (χ1v) is 12.0. The molecule has 0 heterocycles. The Morgan fingerprint density at radius 2 is 1.94 bits per heavy atom.